The molecule has 104 valence electrons. The van der Waals surface area contributed by atoms with Gasteiger partial charge in [0.2, 0.25) is 0 Å². The Bertz CT molecular complexity index is 431. The summed E-state index contributed by atoms with van der Waals surface area (Å²) in [6.07, 6.45) is 7.30. The summed E-state index contributed by atoms with van der Waals surface area (Å²) in [6, 6.07) is 8.17. The Morgan fingerprint density at radius 2 is 1.79 bits per heavy atom. The van der Waals surface area contributed by atoms with Crippen molar-refractivity contribution in [2.45, 2.75) is 51.9 Å². The topological polar surface area (TPSA) is 43.1 Å². The molecule has 1 aliphatic carbocycles. The molecule has 0 unspecified atom stereocenters. The van der Waals surface area contributed by atoms with Crippen molar-refractivity contribution in [2.24, 2.45) is 11.1 Å². The number of benzene rings is 1. The maximum Gasteiger partial charge on any atom is 0.144 e. The molecule has 2 nitrogen and oxygen atoms in total. The Kier molecular flexibility index (Phi) is 4.76. The van der Waals surface area contributed by atoms with Gasteiger partial charge in [-0.25, -0.2) is 0 Å². The first-order valence-corrected chi connectivity index (χ1v) is 7.46. The molecule has 1 aromatic carbocycles. The van der Waals surface area contributed by atoms with E-state index < -0.39 is 0 Å². The predicted molar refractivity (Wildman–Crippen MR) is 79.1 cm³/mol. The SMILES string of the molecule is Cc1ccccc1CC(=O)C1(CN)CCCCCC1. The number of hydrogen-bond donors (Lipinski definition) is 1. The summed E-state index contributed by atoms with van der Waals surface area (Å²) in [5.41, 5.74) is 8.09. The lowest BCUT2D eigenvalue weighted by atomic mass is 9.74. The standard InChI is InChI=1S/C17H25NO/c1-14-8-4-5-9-15(14)12-16(19)17(13-18)10-6-2-3-7-11-17/h4-5,8-9H,2-3,6-7,10-13,18H2,1H3. The zero-order chi connectivity index (χ0) is 13.7. The molecule has 1 aliphatic rings. The van der Waals surface area contributed by atoms with Crippen molar-refractivity contribution >= 4 is 5.78 Å². The van der Waals surface area contributed by atoms with E-state index in [9.17, 15) is 4.79 Å². The molecule has 0 saturated heterocycles. The lowest BCUT2D eigenvalue weighted by molar-refractivity contribution is -0.128. The zero-order valence-electron chi connectivity index (χ0n) is 12.0. The zero-order valence-corrected chi connectivity index (χ0v) is 12.0. The molecule has 0 spiro atoms. The van der Waals surface area contributed by atoms with Gasteiger partial charge in [-0.3, -0.25) is 4.79 Å². The molecule has 0 aliphatic heterocycles. The molecule has 0 atom stereocenters. The molecule has 2 rings (SSSR count). The lowest BCUT2D eigenvalue weighted by Crippen LogP contribution is -2.39. The van der Waals surface area contributed by atoms with Gasteiger partial charge >= 0.3 is 0 Å². The van der Waals surface area contributed by atoms with E-state index in [0.717, 1.165) is 31.2 Å². The van der Waals surface area contributed by atoms with Crippen molar-refractivity contribution in [1.29, 1.82) is 0 Å². The molecular formula is C17H25NO. The average Bonchev–Trinajstić information content (AvgIpc) is 2.67. The molecule has 19 heavy (non-hydrogen) atoms. The Hall–Kier alpha value is -1.15. The minimum absolute atomic E-state index is 0.251. The Morgan fingerprint density at radius 3 is 2.37 bits per heavy atom. The van der Waals surface area contributed by atoms with E-state index in [2.05, 4.69) is 19.1 Å². The largest absolute Gasteiger partial charge is 0.329 e. The van der Waals surface area contributed by atoms with Crippen molar-refractivity contribution in [3.05, 3.63) is 35.4 Å². The van der Waals surface area contributed by atoms with E-state index in [0.29, 0.717) is 18.7 Å². The highest BCUT2D eigenvalue weighted by Crippen LogP contribution is 2.36. The number of carbonyl (C=O) groups excluding carboxylic acids is 1. The summed E-state index contributed by atoms with van der Waals surface area (Å²) >= 11 is 0. The third-order valence-electron chi connectivity index (χ3n) is 4.66. The van der Waals surface area contributed by atoms with E-state index in [1.165, 1.54) is 18.4 Å². The van der Waals surface area contributed by atoms with Gasteiger partial charge in [0.15, 0.2) is 0 Å². The van der Waals surface area contributed by atoms with Gasteiger partial charge in [0, 0.05) is 18.4 Å². The molecule has 1 fully saturated rings. The number of carbonyl (C=O) groups is 1. The average molecular weight is 259 g/mol. The second-order valence-corrected chi connectivity index (χ2v) is 5.93. The van der Waals surface area contributed by atoms with Crippen molar-refractivity contribution in [1.82, 2.24) is 0 Å². The van der Waals surface area contributed by atoms with E-state index in [4.69, 9.17) is 5.73 Å². The minimum atomic E-state index is -0.251. The van der Waals surface area contributed by atoms with Crippen molar-refractivity contribution in [2.75, 3.05) is 6.54 Å². The molecular weight excluding hydrogens is 234 g/mol. The molecule has 1 saturated carbocycles. The van der Waals surface area contributed by atoms with Crippen molar-refractivity contribution in [3.8, 4) is 0 Å². The fraction of sp³-hybridized carbons (Fsp3) is 0.588. The number of aryl methyl sites for hydroxylation is 1. The van der Waals surface area contributed by atoms with Crippen LogP contribution in [-0.2, 0) is 11.2 Å². The molecule has 2 N–H and O–H groups in total. The molecule has 2 heteroatoms. The van der Waals surface area contributed by atoms with E-state index in [1.54, 1.807) is 0 Å². The molecule has 1 aromatic rings. The van der Waals surface area contributed by atoms with Gasteiger partial charge in [-0.05, 0) is 30.9 Å². The summed E-state index contributed by atoms with van der Waals surface area (Å²) < 4.78 is 0. The van der Waals surface area contributed by atoms with E-state index in [-0.39, 0.29) is 5.41 Å². The van der Waals surface area contributed by atoms with Gasteiger partial charge in [0.1, 0.15) is 5.78 Å². The fourth-order valence-electron chi connectivity index (χ4n) is 3.17. The third-order valence-corrected chi connectivity index (χ3v) is 4.66. The van der Waals surface area contributed by atoms with Crippen LogP contribution in [0.3, 0.4) is 0 Å². The number of ketones is 1. The van der Waals surface area contributed by atoms with Crippen LogP contribution in [0.2, 0.25) is 0 Å². The Morgan fingerprint density at radius 1 is 1.16 bits per heavy atom. The highest BCUT2D eigenvalue weighted by molar-refractivity contribution is 5.87. The van der Waals surface area contributed by atoms with Crippen LogP contribution in [0.25, 0.3) is 0 Å². The van der Waals surface area contributed by atoms with Gasteiger partial charge in [-0.15, -0.1) is 0 Å². The molecule has 0 bridgehead atoms. The van der Waals surface area contributed by atoms with Crippen molar-refractivity contribution in [3.63, 3.8) is 0 Å². The summed E-state index contributed by atoms with van der Waals surface area (Å²) in [4.78, 5) is 12.7. The van der Waals surface area contributed by atoms with E-state index >= 15 is 0 Å². The van der Waals surface area contributed by atoms with Crippen LogP contribution in [0.15, 0.2) is 24.3 Å². The maximum atomic E-state index is 12.7. The fourth-order valence-corrected chi connectivity index (χ4v) is 3.17. The first-order valence-electron chi connectivity index (χ1n) is 7.46. The highest BCUT2D eigenvalue weighted by Gasteiger charge is 2.36. The second-order valence-electron chi connectivity index (χ2n) is 5.93. The van der Waals surface area contributed by atoms with Gasteiger partial charge in [-0.1, -0.05) is 49.9 Å². The maximum absolute atomic E-state index is 12.7. The number of rotatable bonds is 4. The molecule has 0 amide bonds. The third kappa shape index (κ3) is 3.24. The first-order chi connectivity index (χ1) is 9.18. The summed E-state index contributed by atoms with van der Waals surface area (Å²) in [5.74, 6) is 0.353. The first kappa shape index (κ1) is 14.3. The van der Waals surface area contributed by atoms with Crippen LogP contribution < -0.4 is 5.73 Å². The Balaban J connectivity index is 2.14. The lowest BCUT2D eigenvalue weighted by Gasteiger charge is -2.30. The highest BCUT2D eigenvalue weighted by atomic mass is 16.1. The van der Waals surface area contributed by atoms with Gasteiger partial charge in [0.05, 0.1) is 0 Å². The van der Waals surface area contributed by atoms with Gasteiger partial charge < -0.3 is 5.73 Å². The van der Waals surface area contributed by atoms with E-state index in [1.807, 2.05) is 12.1 Å². The van der Waals surface area contributed by atoms with Crippen molar-refractivity contribution < 1.29 is 4.79 Å². The summed E-state index contributed by atoms with van der Waals surface area (Å²) in [5, 5.41) is 0. The summed E-state index contributed by atoms with van der Waals surface area (Å²) in [7, 11) is 0. The monoisotopic (exact) mass is 259 g/mol. The number of Topliss-reactive ketones (excluding diaryl/α,β-unsaturated/α-hetero) is 1. The van der Waals surface area contributed by atoms with Gasteiger partial charge in [-0.2, -0.15) is 0 Å². The summed E-state index contributed by atoms with van der Waals surface area (Å²) in [6.45, 7) is 2.59. The smallest absolute Gasteiger partial charge is 0.144 e. The van der Waals surface area contributed by atoms with Crippen LogP contribution in [0.1, 0.15) is 49.7 Å². The Labute approximate surface area is 116 Å². The normalized spacial score (nSPS) is 18.8. The minimum Gasteiger partial charge on any atom is -0.329 e. The molecule has 0 radical (unpaired) electrons. The quantitative estimate of drug-likeness (QED) is 0.842. The molecule has 0 heterocycles. The second kappa shape index (κ2) is 6.33. The molecule has 0 aromatic heterocycles. The van der Waals surface area contributed by atoms with Crippen LogP contribution in [0.5, 0.6) is 0 Å². The van der Waals surface area contributed by atoms with Crippen LogP contribution >= 0.6 is 0 Å². The van der Waals surface area contributed by atoms with Gasteiger partial charge in [0.25, 0.3) is 0 Å². The predicted octanol–water partition coefficient (Wildman–Crippen LogP) is 3.41. The number of nitrogens with two attached hydrogens (primary N) is 1. The van der Waals surface area contributed by atoms with Crippen LogP contribution in [-0.4, -0.2) is 12.3 Å². The number of hydrogen-bond acceptors (Lipinski definition) is 2. The van der Waals surface area contributed by atoms with Crippen LogP contribution in [0, 0.1) is 12.3 Å². The van der Waals surface area contributed by atoms with Crippen LogP contribution in [0.4, 0.5) is 0 Å².